The summed E-state index contributed by atoms with van der Waals surface area (Å²) in [6, 6.07) is 12.4. The highest BCUT2D eigenvalue weighted by Crippen LogP contribution is 2.33. The number of non-ortho nitro benzene ring substituents is 1. The number of ether oxygens (including phenoxy) is 2. The van der Waals surface area contributed by atoms with Crippen LogP contribution in [0.15, 0.2) is 92.0 Å². The number of esters is 1. The molecule has 0 spiro atoms. The Hall–Kier alpha value is -4.62. The van der Waals surface area contributed by atoms with Crippen molar-refractivity contribution in [3.8, 4) is 5.75 Å². The highest BCUT2D eigenvalue weighted by atomic mass is 32.2. The van der Waals surface area contributed by atoms with E-state index in [0.717, 1.165) is 11.3 Å². The second kappa shape index (κ2) is 11.9. The number of nitrogens with zero attached hydrogens (tertiary/aromatic N) is 5. The predicted octanol–water partition coefficient (Wildman–Crippen LogP) is 3.66. The summed E-state index contributed by atoms with van der Waals surface area (Å²) in [4.78, 5) is 52.2. The van der Waals surface area contributed by atoms with Crippen LogP contribution < -0.4 is 19.6 Å². The van der Waals surface area contributed by atoms with Gasteiger partial charge in [-0.15, -0.1) is 0 Å². The normalized spacial score (nSPS) is 14.8. The lowest BCUT2D eigenvalue weighted by atomic mass is 9.96. The summed E-state index contributed by atoms with van der Waals surface area (Å²) in [5, 5.41) is 12.0. The molecule has 0 radical (unpaired) electrons. The molecule has 13 heteroatoms. The van der Waals surface area contributed by atoms with Crippen LogP contribution in [0.3, 0.4) is 0 Å². The molecule has 1 atom stereocenters. The number of fused-ring (bicyclic) bond motifs is 1. The van der Waals surface area contributed by atoms with E-state index in [-0.39, 0.29) is 22.4 Å². The number of methoxy groups -OCH3 is 1. The third-order valence-corrected chi connectivity index (χ3v) is 8.15. The van der Waals surface area contributed by atoms with Crippen molar-refractivity contribution in [2.45, 2.75) is 29.9 Å². The van der Waals surface area contributed by atoms with E-state index < -0.39 is 22.5 Å². The molecule has 3 heterocycles. The second-order valence-corrected chi connectivity index (χ2v) is 10.7. The maximum Gasteiger partial charge on any atom is 0.338 e. The van der Waals surface area contributed by atoms with E-state index in [1.807, 2.05) is 0 Å². The second-order valence-electron chi connectivity index (χ2n) is 8.69. The van der Waals surface area contributed by atoms with Crippen molar-refractivity contribution in [1.29, 1.82) is 0 Å². The molecule has 41 heavy (non-hydrogen) atoms. The number of hydrogen-bond donors (Lipinski definition) is 0. The zero-order valence-electron chi connectivity index (χ0n) is 22.1. The molecule has 0 aliphatic carbocycles. The van der Waals surface area contributed by atoms with Crippen LogP contribution in [0.2, 0.25) is 0 Å². The number of carbonyl (C=O) groups excluding carboxylic acids is 1. The molecule has 11 nitrogen and oxygen atoms in total. The summed E-state index contributed by atoms with van der Waals surface area (Å²) in [5.41, 5.74) is 1.28. The van der Waals surface area contributed by atoms with Gasteiger partial charge in [0.25, 0.3) is 11.2 Å². The van der Waals surface area contributed by atoms with Crippen LogP contribution in [0.4, 0.5) is 5.69 Å². The molecule has 1 aliphatic heterocycles. The predicted molar refractivity (Wildman–Crippen MR) is 153 cm³/mol. The van der Waals surface area contributed by atoms with Gasteiger partial charge in [-0.05, 0) is 67.1 Å². The molecule has 4 aromatic rings. The fraction of sp³-hybridized carbons (Fsp3) is 0.179. The minimum atomic E-state index is -0.796. The van der Waals surface area contributed by atoms with Gasteiger partial charge in [0, 0.05) is 29.4 Å². The standard InChI is InChI=1S/C28H23N5O6S2/c1-4-39-26(35)23-16(2)31-28-32(24(23)17-6-9-20(38-3)10-7-17)25(34)22(41-28)15-18-14-19(33(36)37)8-11-21(18)40-27-29-12-5-13-30-27/h5-15,24H,4H2,1-3H3/b22-15+/t24-/m1/s1. The number of benzene rings is 2. The number of aromatic nitrogens is 3. The summed E-state index contributed by atoms with van der Waals surface area (Å²) in [7, 11) is 1.55. The molecule has 0 unspecified atom stereocenters. The Morgan fingerprint density at radius 3 is 2.59 bits per heavy atom. The smallest absolute Gasteiger partial charge is 0.338 e. The van der Waals surface area contributed by atoms with Gasteiger partial charge in [-0.1, -0.05) is 23.5 Å². The summed E-state index contributed by atoms with van der Waals surface area (Å²) in [6.45, 7) is 3.57. The molecular formula is C28H23N5O6S2. The van der Waals surface area contributed by atoms with Crippen molar-refractivity contribution in [3.63, 3.8) is 0 Å². The molecule has 0 saturated heterocycles. The maximum absolute atomic E-state index is 14.0. The van der Waals surface area contributed by atoms with E-state index in [4.69, 9.17) is 9.47 Å². The number of nitro groups is 1. The fourth-order valence-electron chi connectivity index (χ4n) is 4.33. The van der Waals surface area contributed by atoms with Crippen LogP contribution in [-0.2, 0) is 9.53 Å². The van der Waals surface area contributed by atoms with E-state index in [0.29, 0.717) is 37.4 Å². The lowest BCUT2D eigenvalue weighted by Gasteiger charge is -2.24. The molecule has 0 fully saturated rings. The van der Waals surface area contributed by atoms with Crippen LogP contribution in [0, 0.1) is 10.1 Å². The van der Waals surface area contributed by atoms with Crippen molar-refractivity contribution in [3.05, 3.63) is 113 Å². The number of hydrogen-bond acceptors (Lipinski definition) is 11. The number of thiazole rings is 1. The van der Waals surface area contributed by atoms with Crippen LogP contribution in [0.1, 0.15) is 31.0 Å². The minimum absolute atomic E-state index is 0.126. The van der Waals surface area contributed by atoms with E-state index >= 15 is 0 Å². The van der Waals surface area contributed by atoms with Gasteiger partial charge < -0.3 is 9.47 Å². The quantitative estimate of drug-likeness (QED) is 0.130. The average molecular weight is 590 g/mol. The average Bonchev–Trinajstić information content (AvgIpc) is 3.27. The van der Waals surface area contributed by atoms with E-state index in [1.54, 1.807) is 75.8 Å². The first-order valence-electron chi connectivity index (χ1n) is 12.4. The van der Waals surface area contributed by atoms with Gasteiger partial charge in [0.2, 0.25) is 0 Å². The minimum Gasteiger partial charge on any atom is -0.497 e. The first-order valence-corrected chi connectivity index (χ1v) is 14.0. The van der Waals surface area contributed by atoms with Crippen molar-refractivity contribution >= 4 is 40.8 Å². The molecule has 2 aromatic heterocycles. The molecule has 0 saturated carbocycles. The van der Waals surface area contributed by atoms with E-state index in [9.17, 15) is 19.7 Å². The molecule has 5 rings (SSSR count). The van der Waals surface area contributed by atoms with Gasteiger partial charge in [-0.25, -0.2) is 19.8 Å². The van der Waals surface area contributed by atoms with Gasteiger partial charge in [-0.2, -0.15) is 0 Å². The maximum atomic E-state index is 14.0. The topological polar surface area (TPSA) is 139 Å². The molecule has 0 amide bonds. The van der Waals surface area contributed by atoms with Gasteiger partial charge in [-0.3, -0.25) is 19.5 Å². The zero-order valence-corrected chi connectivity index (χ0v) is 23.8. The molecule has 1 aliphatic rings. The molecular weight excluding hydrogens is 566 g/mol. The van der Waals surface area contributed by atoms with Gasteiger partial charge in [0.1, 0.15) is 5.75 Å². The number of carbonyl (C=O) groups is 1. The SMILES string of the molecule is CCOC(=O)C1=C(C)N=c2s/c(=C/c3cc([N+](=O)[O-])ccc3Sc3ncccn3)c(=O)n2[C@@H]1c1ccc(OC)cc1. The summed E-state index contributed by atoms with van der Waals surface area (Å²) < 4.78 is 12.4. The molecule has 208 valence electrons. The first kappa shape index (κ1) is 27.9. The Morgan fingerprint density at radius 1 is 1.20 bits per heavy atom. The Bertz CT molecular complexity index is 1850. The van der Waals surface area contributed by atoms with E-state index in [2.05, 4.69) is 15.0 Å². The number of allylic oxidation sites excluding steroid dienone is 1. The van der Waals surface area contributed by atoms with Gasteiger partial charge >= 0.3 is 5.97 Å². The van der Waals surface area contributed by atoms with Gasteiger partial charge in [0.05, 0.1) is 40.5 Å². The Morgan fingerprint density at radius 2 is 1.93 bits per heavy atom. The summed E-state index contributed by atoms with van der Waals surface area (Å²) >= 11 is 2.35. The largest absolute Gasteiger partial charge is 0.497 e. The number of rotatable bonds is 8. The summed E-state index contributed by atoms with van der Waals surface area (Å²) in [5.74, 6) is 0.0571. The van der Waals surface area contributed by atoms with Crippen molar-refractivity contribution in [2.24, 2.45) is 4.99 Å². The monoisotopic (exact) mass is 589 g/mol. The van der Waals surface area contributed by atoms with E-state index in [1.165, 1.54) is 28.5 Å². The fourth-order valence-corrected chi connectivity index (χ4v) is 6.16. The Balaban J connectivity index is 1.70. The zero-order chi connectivity index (χ0) is 29.1. The van der Waals surface area contributed by atoms with Crippen LogP contribution in [0.5, 0.6) is 5.75 Å². The van der Waals surface area contributed by atoms with Crippen molar-refractivity contribution in [2.75, 3.05) is 13.7 Å². The third kappa shape index (κ3) is 5.67. The summed E-state index contributed by atoms with van der Waals surface area (Å²) in [6.07, 6.45) is 4.79. The van der Waals surface area contributed by atoms with Crippen LogP contribution >= 0.6 is 23.1 Å². The lowest BCUT2D eigenvalue weighted by Crippen LogP contribution is -2.39. The van der Waals surface area contributed by atoms with Crippen LogP contribution in [-0.4, -0.2) is 39.1 Å². The third-order valence-electron chi connectivity index (χ3n) is 6.18. The Kier molecular flexibility index (Phi) is 8.08. The van der Waals surface area contributed by atoms with Crippen molar-refractivity contribution < 1.29 is 19.2 Å². The van der Waals surface area contributed by atoms with Crippen LogP contribution in [0.25, 0.3) is 6.08 Å². The molecule has 0 bridgehead atoms. The highest BCUT2D eigenvalue weighted by Gasteiger charge is 2.33. The molecule has 2 aromatic carbocycles. The lowest BCUT2D eigenvalue weighted by molar-refractivity contribution is -0.384. The number of nitro benzene ring substituents is 1. The van der Waals surface area contributed by atoms with Gasteiger partial charge in [0.15, 0.2) is 9.96 Å². The Labute approximate surface area is 241 Å². The first-order chi connectivity index (χ1) is 19.8. The molecule has 0 N–H and O–H groups in total. The van der Waals surface area contributed by atoms with Crippen molar-refractivity contribution in [1.82, 2.24) is 14.5 Å². The highest BCUT2D eigenvalue weighted by molar-refractivity contribution is 7.99.